The van der Waals surface area contributed by atoms with E-state index in [1.54, 1.807) is 30.3 Å². The van der Waals surface area contributed by atoms with Gasteiger partial charge in [-0.25, -0.2) is 0 Å². The zero-order valence-corrected chi connectivity index (χ0v) is 17.0. The lowest BCUT2D eigenvalue weighted by Crippen LogP contribution is -2.58. The van der Waals surface area contributed by atoms with Gasteiger partial charge in [0.05, 0.1) is 11.6 Å². The van der Waals surface area contributed by atoms with E-state index in [-0.39, 0.29) is 11.5 Å². The Hall–Kier alpha value is -1.33. The van der Waals surface area contributed by atoms with E-state index in [0.29, 0.717) is 20.8 Å². The van der Waals surface area contributed by atoms with Gasteiger partial charge < -0.3 is 40.1 Å². The lowest BCUT2D eigenvalue weighted by atomic mass is 10.00. The van der Waals surface area contributed by atoms with Crippen LogP contribution in [0.2, 0.25) is 15.1 Å². The molecular weight excluding hydrogens is 451 g/mol. The number of phenols is 1. The van der Waals surface area contributed by atoms with Gasteiger partial charge in [0.25, 0.3) is 0 Å². The zero-order chi connectivity index (χ0) is 21.7. The molecule has 1 heterocycles. The monoisotopic (exact) mass is 468 g/mol. The highest BCUT2D eigenvalue weighted by atomic mass is 35.5. The summed E-state index contributed by atoms with van der Waals surface area (Å²) in [5, 5.41) is 55.6. The van der Waals surface area contributed by atoms with Crippen LogP contribution in [-0.2, 0) is 4.74 Å². The first-order valence-corrected chi connectivity index (χ1v) is 9.37. The summed E-state index contributed by atoms with van der Waals surface area (Å²) in [5.41, 5.74) is 0. The lowest BCUT2D eigenvalue weighted by molar-refractivity contribution is -0.286. The summed E-state index contributed by atoms with van der Waals surface area (Å²) in [5.74, 6) is 0.635. The number of benzene rings is 2. The number of halogens is 3. The van der Waals surface area contributed by atoms with Gasteiger partial charge in [-0.05, 0) is 30.3 Å². The normalized spacial score (nSPS) is 26.4. The predicted octanol–water partition coefficient (Wildman–Crippen LogP) is 1.92. The van der Waals surface area contributed by atoms with E-state index in [4.69, 9.17) is 65.1 Å². The molecule has 0 spiro atoms. The standard InChI is InChI=1S/C12H7Cl3O2.C6H12O6/c13-7-1-3-11(9(15)5-7)17-12-4-2-8(14)6-10(12)16;7-1-2-3(8)4(9)5(10)6(11)12-2/h1-6,16H;2-11H,1H2/t;2-,3+,4+,5-,6-/m.1/s1. The fourth-order valence-corrected chi connectivity index (χ4v) is 2.95. The SMILES string of the molecule is OC[C@H]1O[C@@H](O)[C@H](O)[C@@H](O)[C@H]1O.Oc1cc(Cl)ccc1Oc1ccc(Cl)cc1Cl. The average molecular weight is 470 g/mol. The molecule has 1 saturated heterocycles. The summed E-state index contributed by atoms with van der Waals surface area (Å²) >= 11 is 17.4. The minimum absolute atomic E-state index is 0.0523. The highest BCUT2D eigenvalue weighted by Gasteiger charge is 2.42. The van der Waals surface area contributed by atoms with Crippen LogP contribution in [0.1, 0.15) is 0 Å². The van der Waals surface area contributed by atoms with Crippen molar-refractivity contribution >= 4 is 34.8 Å². The van der Waals surface area contributed by atoms with Crippen LogP contribution in [0.5, 0.6) is 17.2 Å². The first kappa shape index (κ1) is 23.9. The van der Waals surface area contributed by atoms with Crippen molar-refractivity contribution in [1.82, 2.24) is 0 Å². The fraction of sp³-hybridized carbons (Fsp3) is 0.333. The molecule has 0 saturated carbocycles. The van der Waals surface area contributed by atoms with Gasteiger partial charge >= 0.3 is 0 Å². The molecule has 0 amide bonds. The Bertz CT molecular complexity index is 767. The van der Waals surface area contributed by atoms with Crippen molar-refractivity contribution in [2.24, 2.45) is 0 Å². The minimum Gasteiger partial charge on any atom is -0.504 e. The van der Waals surface area contributed by atoms with Gasteiger partial charge in [-0.2, -0.15) is 0 Å². The van der Waals surface area contributed by atoms with Gasteiger partial charge in [0.1, 0.15) is 30.2 Å². The third-order valence-corrected chi connectivity index (χ3v) is 4.67. The largest absolute Gasteiger partial charge is 0.504 e. The molecular formula is C18H19Cl3O8. The predicted molar refractivity (Wildman–Crippen MR) is 106 cm³/mol. The number of rotatable bonds is 3. The molecule has 3 rings (SSSR count). The number of ether oxygens (including phenoxy) is 2. The molecule has 1 aliphatic rings. The molecule has 1 aliphatic heterocycles. The minimum atomic E-state index is -1.57. The summed E-state index contributed by atoms with van der Waals surface area (Å²) in [6, 6.07) is 9.39. The fourth-order valence-electron chi connectivity index (χ4n) is 2.34. The average Bonchev–Trinajstić information content (AvgIpc) is 2.67. The summed E-state index contributed by atoms with van der Waals surface area (Å²) in [6.07, 6.45) is -7.04. The first-order chi connectivity index (χ1) is 13.6. The Labute approximate surface area is 181 Å². The zero-order valence-electron chi connectivity index (χ0n) is 14.7. The van der Waals surface area contributed by atoms with E-state index < -0.39 is 37.3 Å². The molecule has 2 aromatic carbocycles. The van der Waals surface area contributed by atoms with Crippen molar-refractivity contribution in [2.75, 3.05) is 6.61 Å². The van der Waals surface area contributed by atoms with Crippen molar-refractivity contribution in [3.63, 3.8) is 0 Å². The van der Waals surface area contributed by atoms with Crippen LogP contribution >= 0.6 is 34.8 Å². The maximum Gasteiger partial charge on any atom is 0.184 e. The Kier molecular flexibility index (Phi) is 8.77. The van der Waals surface area contributed by atoms with Crippen LogP contribution in [0, 0.1) is 0 Å². The number of aliphatic hydroxyl groups is 5. The molecule has 0 radical (unpaired) electrons. The molecule has 2 aromatic rings. The molecule has 0 bridgehead atoms. The Morgan fingerprint density at radius 1 is 0.828 bits per heavy atom. The number of hydrogen-bond donors (Lipinski definition) is 6. The highest BCUT2D eigenvalue weighted by molar-refractivity contribution is 6.35. The Morgan fingerprint density at radius 3 is 1.97 bits per heavy atom. The second-order valence-corrected chi connectivity index (χ2v) is 7.29. The maximum atomic E-state index is 9.62. The molecule has 5 atom stereocenters. The number of hydrogen-bond acceptors (Lipinski definition) is 8. The van der Waals surface area contributed by atoms with Gasteiger partial charge in [0.15, 0.2) is 17.8 Å². The van der Waals surface area contributed by atoms with Gasteiger partial charge in [0, 0.05) is 16.1 Å². The molecule has 8 nitrogen and oxygen atoms in total. The molecule has 29 heavy (non-hydrogen) atoms. The third-order valence-electron chi connectivity index (χ3n) is 3.90. The number of aromatic hydroxyl groups is 1. The van der Waals surface area contributed by atoms with Crippen LogP contribution in [-0.4, -0.2) is 68.0 Å². The molecule has 0 unspecified atom stereocenters. The van der Waals surface area contributed by atoms with Crippen LogP contribution in [0.25, 0.3) is 0 Å². The van der Waals surface area contributed by atoms with Crippen molar-refractivity contribution in [1.29, 1.82) is 0 Å². The van der Waals surface area contributed by atoms with Gasteiger partial charge in [-0.1, -0.05) is 34.8 Å². The van der Waals surface area contributed by atoms with Gasteiger partial charge in [-0.15, -0.1) is 0 Å². The van der Waals surface area contributed by atoms with E-state index in [1.165, 1.54) is 6.07 Å². The van der Waals surface area contributed by atoms with Crippen LogP contribution in [0.3, 0.4) is 0 Å². The Morgan fingerprint density at radius 2 is 1.41 bits per heavy atom. The van der Waals surface area contributed by atoms with E-state index in [0.717, 1.165) is 0 Å². The molecule has 11 heteroatoms. The lowest BCUT2D eigenvalue weighted by Gasteiger charge is -2.37. The van der Waals surface area contributed by atoms with Crippen molar-refractivity contribution < 1.29 is 40.1 Å². The molecule has 0 aromatic heterocycles. The molecule has 0 aliphatic carbocycles. The molecule has 160 valence electrons. The van der Waals surface area contributed by atoms with Crippen molar-refractivity contribution in [2.45, 2.75) is 30.7 Å². The number of phenolic OH excluding ortho intramolecular Hbond substituents is 1. The molecule has 6 N–H and O–H groups in total. The summed E-state index contributed by atoms with van der Waals surface area (Å²) in [4.78, 5) is 0. The van der Waals surface area contributed by atoms with E-state index in [1.807, 2.05) is 0 Å². The van der Waals surface area contributed by atoms with Crippen LogP contribution in [0.4, 0.5) is 0 Å². The first-order valence-electron chi connectivity index (χ1n) is 8.24. The van der Waals surface area contributed by atoms with E-state index >= 15 is 0 Å². The second kappa shape index (κ2) is 10.6. The Balaban J connectivity index is 0.000000221. The van der Waals surface area contributed by atoms with Gasteiger partial charge in [-0.3, -0.25) is 0 Å². The van der Waals surface area contributed by atoms with Crippen molar-refractivity contribution in [3.05, 3.63) is 51.5 Å². The second-order valence-electron chi connectivity index (χ2n) is 6.01. The summed E-state index contributed by atoms with van der Waals surface area (Å²) in [6.45, 7) is -0.526. The quantitative estimate of drug-likeness (QED) is 0.401. The van der Waals surface area contributed by atoms with Crippen molar-refractivity contribution in [3.8, 4) is 17.2 Å². The van der Waals surface area contributed by atoms with Crippen LogP contribution in [0.15, 0.2) is 36.4 Å². The van der Waals surface area contributed by atoms with E-state index in [9.17, 15) is 5.11 Å². The topological polar surface area (TPSA) is 140 Å². The third kappa shape index (κ3) is 6.32. The van der Waals surface area contributed by atoms with Crippen LogP contribution < -0.4 is 4.74 Å². The van der Waals surface area contributed by atoms with E-state index in [2.05, 4.69) is 4.74 Å². The summed E-state index contributed by atoms with van der Waals surface area (Å²) < 4.78 is 10.0. The smallest absolute Gasteiger partial charge is 0.184 e. The number of aliphatic hydroxyl groups excluding tert-OH is 5. The van der Waals surface area contributed by atoms with Gasteiger partial charge in [0.2, 0.25) is 0 Å². The molecule has 1 fully saturated rings. The highest BCUT2D eigenvalue weighted by Crippen LogP contribution is 2.36. The maximum absolute atomic E-state index is 9.62. The summed E-state index contributed by atoms with van der Waals surface area (Å²) in [7, 11) is 0.